The zero-order valence-electron chi connectivity index (χ0n) is 16.3. The van der Waals surface area contributed by atoms with Gasteiger partial charge in [-0.15, -0.1) is 0 Å². The summed E-state index contributed by atoms with van der Waals surface area (Å²) in [6, 6.07) is 4.72. The molecule has 0 aliphatic carbocycles. The molecule has 15 heteroatoms. The normalized spacial score (nSPS) is 14.2. The van der Waals surface area contributed by atoms with E-state index in [2.05, 4.69) is 34.9 Å². The number of halogens is 3. The second kappa shape index (κ2) is 10.7. The molecule has 168 valence electrons. The molecule has 12 nitrogen and oxygen atoms in total. The van der Waals surface area contributed by atoms with E-state index in [9.17, 15) is 18.0 Å². The Balaban J connectivity index is 0.000000451. The van der Waals surface area contributed by atoms with E-state index >= 15 is 0 Å². The highest BCUT2D eigenvalue weighted by Gasteiger charge is 2.38. The number of carboxylic acids is 1. The Labute approximate surface area is 177 Å². The van der Waals surface area contributed by atoms with E-state index in [1.165, 1.54) is 6.07 Å². The Morgan fingerprint density at radius 2 is 2.00 bits per heavy atom. The number of alkyl halides is 3. The maximum absolute atomic E-state index is 12.4. The third-order valence-corrected chi connectivity index (χ3v) is 4.24. The fraction of sp³-hybridized carbons (Fsp3) is 0.353. The molecule has 1 amide bonds. The van der Waals surface area contributed by atoms with Gasteiger partial charge in [-0.1, -0.05) is 10.2 Å². The van der Waals surface area contributed by atoms with Crippen LogP contribution in [0.3, 0.4) is 0 Å². The van der Waals surface area contributed by atoms with Gasteiger partial charge in [0.25, 0.3) is 5.91 Å². The number of carbonyl (C=O) groups excluding carboxylic acids is 1. The average molecular weight is 451 g/mol. The summed E-state index contributed by atoms with van der Waals surface area (Å²) in [4.78, 5) is 31.0. The monoisotopic (exact) mass is 451 g/mol. The molecule has 1 aromatic heterocycles. The maximum Gasteiger partial charge on any atom is 0.490 e. The van der Waals surface area contributed by atoms with Gasteiger partial charge in [-0.3, -0.25) is 4.79 Å². The molecule has 1 atom stereocenters. The number of nitrogens with one attached hydrogen (secondary N) is 1. The van der Waals surface area contributed by atoms with Crippen molar-refractivity contribution in [3.8, 4) is 0 Å². The topological polar surface area (TPSA) is 182 Å². The number of carbonyl (C=O) groups is 2. The zero-order chi connectivity index (χ0) is 23.7. The van der Waals surface area contributed by atoms with Gasteiger partial charge in [0.2, 0.25) is 0 Å². The number of nitrogens with zero attached hydrogens (tertiary/aromatic N) is 8. The maximum atomic E-state index is 12.4. The van der Waals surface area contributed by atoms with E-state index in [1.807, 2.05) is 6.20 Å². The van der Waals surface area contributed by atoms with Crippen molar-refractivity contribution in [2.45, 2.75) is 25.7 Å². The number of aromatic nitrogens is 2. The van der Waals surface area contributed by atoms with Crippen molar-refractivity contribution in [3.05, 3.63) is 68.4 Å². The minimum absolute atomic E-state index is 0.0787. The summed E-state index contributed by atoms with van der Waals surface area (Å²) in [6.45, 7) is 1.44. The second-order valence-corrected chi connectivity index (χ2v) is 6.55. The van der Waals surface area contributed by atoms with Gasteiger partial charge >= 0.3 is 12.1 Å². The third kappa shape index (κ3) is 6.93. The fourth-order valence-corrected chi connectivity index (χ4v) is 2.89. The molecular formula is C17H16F3N9O3. The lowest BCUT2D eigenvalue weighted by atomic mass is 10.1. The molecule has 3 rings (SSSR count). The van der Waals surface area contributed by atoms with Crippen molar-refractivity contribution >= 4 is 17.6 Å². The summed E-state index contributed by atoms with van der Waals surface area (Å²) in [5.41, 5.74) is 18.3. The molecule has 32 heavy (non-hydrogen) atoms. The molecule has 0 spiro atoms. The van der Waals surface area contributed by atoms with Crippen LogP contribution in [0.4, 0.5) is 18.9 Å². The molecule has 0 saturated heterocycles. The van der Waals surface area contributed by atoms with Crippen LogP contribution in [0.5, 0.6) is 0 Å². The highest BCUT2D eigenvalue weighted by atomic mass is 19.4. The lowest BCUT2D eigenvalue weighted by molar-refractivity contribution is -0.192. The summed E-state index contributed by atoms with van der Waals surface area (Å²) >= 11 is 0. The molecule has 1 aliphatic rings. The van der Waals surface area contributed by atoms with Crippen molar-refractivity contribution in [1.82, 2.24) is 14.9 Å². The van der Waals surface area contributed by atoms with Crippen LogP contribution in [0.25, 0.3) is 20.9 Å². The van der Waals surface area contributed by atoms with Crippen molar-refractivity contribution in [3.63, 3.8) is 0 Å². The molecule has 2 N–H and O–H groups in total. The van der Waals surface area contributed by atoms with Crippen LogP contribution in [0.15, 0.2) is 40.8 Å². The van der Waals surface area contributed by atoms with Crippen LogP contribution >= 0.6 is 0 Å². The van der Waals surface area contributed by atoms with Crippen molar-refractivity contribution < 1.29 is 27.9 Å². The summed E-state index contributed by atoms with van der Waals surface area (Å²) in [5, 5.41) is 17.0. The molecule has 2 aromatic rings. The van der Waals surface area contributed by atoms with E-state index in [-0.39, 0.29) is 12.5 Å². The Morgan fingerprint density at radius 1 is 1.28 bits per heavy atom. The first kappa shape index (κ1) is 24.1. The van der Waals surface area contributed by atoms with Crippen LogP contribution in [-0.4, -0.2) is 39.3 Å². The number of amides is 1. The first-order valence-corrected chi connectivity index (χ1v) is 8.92. The number of hydrogen-bond acceptors (Lipinski definition) is 5. The quantitative estimate of drug-likeness (QED) is 0.384. The van der Waals surface area contributed by atoms with Gasteiger partial charge in [0, 0.05) is 58.9 Å². The molecule has 0 fully saturated rings. The molecular weight excluding hydrogens is 435 g/mol. The smallest absolute Gasteiger partial charge is 0.475 e. The van der Waals surface area contributed by atoms with Gasteiger partial charge in [-0.05, 0) is 34.8 Å². The Hall–Kier alpha value is -4.22. The van der Waals surface area contributed by atoms with E-state index in [0.717, 1.165) is 18.8 Å². The second-order valence-electron chi connectivity index (χ2n) is 6.55. The number of rotatable bonds is 6. The highest BCUT2D eigenvalue weighted by Crippen LogP contribution is 2.21. The summed E-state index contributed by atoms with van der Waals surface area (Å²) in [5.74, 6) is -1.69. The zero-order valence-corrected chi connectivity index (χ0v) is 16.3. The number of benzene rings is 1. The van der Waals surface area contributed by atoms with Crippen LogP contribution in [0, 0.1) is 5.92 Å². The van der Waals surface area contributed by atoms with Gasteiger partial charge in [0.15, 0.2) is 0 Å². The number of hydrogen-bond donors (Lipinski definition) is 2. The van der Waals surface area contributed by atoms with Gasteiger partial charge in [0.1, 0.15) is 5.82 Å². The third-order valence-electron chi connectivity index (χ3n) is 4.24. The van der Waals surface area contributed by atoms with Crippen molar-refractivity contribution in [1.29, 1.82) is 0 Å². The minimum Gasteiger partial charge on any atom is -0.475 e. The largest absolute Gasteiger partial charge is 0.490 e. The van der Waals surface area contributed by atoms with E-state index in [0.29, 0.717) is 29.3 Å². The van der Waals surface area contributed by atoms with Crippen LogP contribution < -0.4 is 5.32 Å². The average Bonchev–Trinajstić information content (AvgIpc) is 3.32. The Morgan fingerprint density at radius 3 is 2.59 bits per heavy atom. The minimum atomic E-state index is -5.08. The SMILES string of the molecule is O=C(O)C(F)(F)F.[N-]=[N+]=NCc1cc(N=[N+]=[N-])cc(C(=O)NCC2Cc3nccn3C2)c1. The van der Waals surface area contributed by atoms with E-state index in [4.69, 9.17) is 21.0 Å². The number of azide groups is 2. The summed E-state index contributed by atoms with van der Waals surface area (Å²) < 4.78 is 33.8. The summed E-state index contributed by atoms with van der Waals surface area (Å²) in [6.07, 6.45) is -0.548. The fourth-order valence-electron chi connectivity index (χ4n) is 2.89. The van der Waals surface area contributed by atoms with Crippen LogP contribution in [0.2, 0.25) is 0 Å². The predicted molar refractivity (Wildman–Crippen MR) is 104 cm³/mol. The van der Waals surface area contributed by atoms with Gasteiger partial charge in [0.05, 0.1) is 6.54 Å². The van der Waals surface area contributed by atoms with Gasteiger partial charge < -0.3 is 15.0 Å². The van der Waals surface area contributed by atoms with Crippen LogP contribution in [0.1, 0.15) is 21.7 Å². The predicted octanol–water partition coefficient (Wildman–Crippen LogP) is 3.87. The van der Waals surface area contributed by atoms with Gasteiger partial charge in [-0.2, -0.15) is 13.2 Å². The lowest BCUT2D eigenvalue weighted by Crippen LogP contribution is -2.30. The number of fused-ring (bicyclic) bond motifs is 1. The molecule has 1 aliphatic heterocycles. The first-order chi connectivity index (χ1) is 15.1. The molecule has 1 aromatic carbocycles. The van der Waals surface area contributed by atoms with E-state index < -0.39 is 12.1 Å². The van der Waals surface area contributed by atoms with Gasteiger partial charge in [-0.25, -0.2) is 9.78 Å². The lowest BCUT2D eigenvalue weighted by Gasteiger charge is -2.11. The van der Waals surface area contributed by atoms with Crippen LogP contribution in [-0.2, 0) is 24.3 Å². The summed E-state index contributed by atoms with van der Waals surface area (Å²) in [7, 11) is 0. The van der Waals surface area contributed by atoms with E-state index in [1.54, 1.807) is 18.3 Å². The standard InChI is InChI=1S/C15H15N9O.C2HF3O2/c16-22-20-8-10-3-12(6-13(4-10)21-23-17)15(25)19-7-11-5-14-18-1-2-24(14)9-11;3-2(4,5)1(6)7/h1-4,6,11H,5,7-9H2,(H,19,25);(H,6,7). The number of carboxylic acid groups (broad SMARTS) is 1. The molecule has 0 radical (unpaired) electrons. The number of aliphatic carboxylic acids is 1. The van der Waals surface area contributed by atoms with Crippen molar-refractivity contribution in [2.75, 3.05) is 6.54 Å². The molecule has 0 bridgehead atoms. The molecule has 2 heterocycles. The number of imidazole rings is 1. The Bertz CT molecular complexity index is 1070. The highest BCUT2D eigenvalue weighted by molar-refractivity contribution is 5.95. The Kier molecular flexibility index (Phi) is 8.04. The molecule has 0 saturated carbocycles. The molecule has 1 unspecified atom stereocenters. The van der Waals surface area contributed by atoms with Crippen molar-refractivity contribution in [2.24, 2.45) is 16.1 Å². The first-order valence-electron chi connectivity index (χ1n) is 8.92.